The topological polar surface area (TPSA) is 92.9 Å². The highest BCUT2D eigenvalue weighted by Crippen LogP contribution is 2.25. The number of ether oxygens (including phenoxy) is 1. The minimum atomic E-state index is -0.846. The predicted molar refractivity (Wildman–Crippen MR) is 54.7 cm³/mol. The van der Waals surface area contributed by atoms with Gasteiger partial charge in [-0.25, -0.2) is 0 Å². The van der Waals surface area contributed by atoms with Gasteiger partial charge in [0.2, 0.25) is 5.91 Å². The monoisotopic (exact) mass is 228 g/mol. The molecule has 2 heterocycles. The Morgan fingerprint density at radius 3 is 2.38 bits per heavy atom. The highest BCUT2D eigenvalue weighted by atomic mass is 16.5. The van der Waals surface area contributed by atoms with Crippen LogP contribution in [0.25, 0.3) is 0 Å². The second-order valence-corrected chi connectivity index (χ2v) is 4.51. The number of carboxylic acid groups (broad SMARTS) is 1. The molecule has 0 unspecified atom stereocenters. The summed E-state index contributed by atoms with van der Waals surface area (Å²) >= 11 is 0. The molecule has 0 aromatic rings. The fraction of sp³-hybridized carbons (Fsp3) is 0.800. The summed E-state index contributed by atoms with van der Waals surface area (Å²) in [5.41, 5.74) is 5.17. The molecule has 1 amide bonds. The average Bonchev–Trinajstić information content (AvgIpc) is 2.15. The van der Waals surface area contributed by atoms with E-state index >= 15 is 0 Å². The zero-order valence-electron chi connectivity index (χ0n) is 9.02. The van der Waals surface area contributed by atoms with Crippen molar-refractivity contribution in [1.29, 1.82) is 0 Å². The molecule has 2 aliphatic rings. The van der Waals surface area contributed by atoms with Gasteiger partial charge in [-0.05, 0) is 12.8 Å². The highest BCUT2D eigenvalue weighted by molar-refractivity contribution is 5.88. The van der Waals surface area contributed by atoms with Crippen LogP contribution in [0.1, 0.15) is 12.8 Å². The van der Waals surface area contributed by atoms with Crippen LogP contribution in [-0.4, -0.2) is 53.7 Å². The quantitative estimate of drug-likeness (QED) is 0.635. The van der Waals surface area contributed by atoms with E-state index in [1.165, 1.54) is 4.90 Å². The maximum atomic E-state index is 12.0. The van der Waals surface area contributed by atoms with E-state index in [0.717, 1.165) is 0 Å². The lowest BCUT2D eigenvalue weighted by atomic mass is 9.87. The number of aliphatic carboxylic acids is 1. The highest BCUT2D eigenvalue weighted by Gasteiger charge is 2.44. The van der Waals surface area contributed by atoms with Gasteiger partial charge < -0.3 is 20.5 Å². The van der Waals surface area contributed by atoms with E-state index in [-0.39, 0.29) is 19.0 Å². The molecule has 0 bridgehead atoms. The summed E-state index contributed by atoms with van der Waals surface area (Å²) in [6, 6.07) is 0. The summed E-state index contributed by atoms with van der Waals surface area (Å²) in [5, 5.41) is 8.72. The molecule has 0 radical (unpaired) electrons. The van der Waals surface area contributed by atoms with Gasteiger partial charge in [-0.15, -0.1) is 0 Å². The molecule has 3 N–H and O–H groups in total. The van der Waals surface area contributed by atoms with E-state index in [1.807, 2.05) is 0 Å². The van der Waals surface area contributed by atoms with Crippen LogP contribution in [0.2, 0.25) is 0 Å². The van der Waals surface area contributed by atoms with Crippen molar-refractivity contribution in [3.63, 3.8) is 0 Å². The van der Waals surface area contributed by atoms with Crippen molar-refractivity contribution in [2.45, 2.75) is 18.4 Å². The van der Waals surface area contributed by atoms with Crippen molar-refractivity contribution in [3.05, 3.63) is 0 Å². The molecule has 2 fully saturated rings. The van der Waals surface area contributed by atoms with Gasteiger partial charge in [-0.1, -0.05) is 0 Å². The summed E-state index contributed by atoms with van der Waals surface area (Å²) in [6.45, 7) is 1.57. The Morgan fingerprint density at radius 2 is 1.88 bits per heavy atom. The Kier molecular flexibility index (Phi) is 2.86. The van der Waals surface area contributed by atoms with Crippen LogP contribution >= 0.6 is 0 Å². The molecule has 0 aromatic carbocycles. The number of carbonyl (C=O) groups is 2. The second-order valence-electron chi connectivity index (χ2n) is 4.51. The largest absolute Gasteiger partial charge is 0.481 e. The zero-order chi connectivity index (χ0) is 11.8. The van der Waals surface area contributed by atoms with Gasteiger partial charge >= 0.3 is 5.97 Å². The molecule has 0 atom stereocenters. The SMILES string of the molecule is NC1(C(=O)N2CC(C(=O)O)C2)CCOCC1. The van der Waals surface area contributed by atoms with Crippen molar-refractivity contribution in [1.82, 2.24) is 4.90 Å². The Balaban J connectivity index is 1.91. The molecule has 0 aromatic heterocycles. The number of amides is 1. The van der Waals surface area contributed by atoms with Crippen molar-refractivity contribution in [2.24, 2.45) is 11.7 Å². The predicted octanol–water partition coefficient (Wildman–Crippen LogP) is -0.963. The lowest BCUT2D eigenvalue weighted by Crippen LogP contribution is -2.64. The van der Waals surface area contributed by atoms with Crippen LogP contribution in [0, 0.1) is 5.92 Å². The minimum Gasteiger partial charge on any atom is -0.481 e. The Labute approximate surface area is 93.3 Å². The van der Waals surface area contributed by atoms with Gasteiger partial charge in [-0.3, -0.25) is 9.59 Å². The van der Waals surface area contributed by atoms with E-state index in [1.54, 1.807) is 0 Å². The van der Waals surface area contributed by atoms with E-state index < -0.39 is 17.4 Å². The third kappa shape index (κ3) is 1.90. The fourth-order valence-corrected chi connectivity index (χ4v) is 2.07. The van der Waals surface area contributed by atoms with Crippen LogP contribution in [0.4, 0.5) is 0 Å². The number of hydrogen-bond donors (Lipinski definition) is 2. The van der Waals surface area contributed by atoms with Crippen molar-refractivity contribution in [2.75, 3.05) is 26.3 Å². The molecule has 6 nitrogen and oxygen atoms in total. The maximum Gasteiger partial charge on any atom is 0.310 e. The molecule has 0 aliphatic carbocycles. The number of carbonyl (C=O) groups excluding carboxylic acids is 1. The summed E-state index contributed by atoms with van der Waals surface area (Å²) in [4.78, 5) is 24.2. The standard InChI is InChI=1S/C10H16N2O4/c11-10(1-3-16-4-2-10)9(15)12-5-7(6-12)8(13)14/h7H,1-6,11H2,(H,13,14). The van der Waals surface area contributed by atoms with Gasteiger partial charge in [0.05, 0.1) is 11.5 Å². The lowest BCUT2D eigenvalue weighted by molar-refractivity contribution is -0.157. The normalized spacial score (nSPS) is 24.9. The lowest BCUT2D eigenvalue weighted by Gasteiger charge is -2.43. The van der Waals surface area contributed by atoms with E-state index in [0.29, 0.717) is 26.1 Å². The van der Waals surface area contributed by atoms with Gasteiger partial charge in [0.1, 0.15) is 0 Å². The molecule has 2 rings (SSSR count). The first kappa shape index (κ1) is 11.3. The summed E-state index contributed by atoms with van der Waals surface area (Å²) < 4.78 is 5.16. The number of rotatable bonds is 2. The summed E-state index contributed by atoms with van der Waals surface area (Å²) in [5.74, 6) is -1.40. The van der Waals surface area contributed by atoms with Crippen LogP contribution in [0.3, 0.4) is 0 Å². The van der Waals surface area contributed by atoms with Gasteiger partial charge in [-0.2, -0.15) is 0 Å². The van der Waals surface area contributed by atoms with Crippen molar-refractivity contribution in [3.8, 4) is 0 Å². The first-order valence-electron chi connectivity index (χ1n) is 5.42. The van der Waals surface area contributed by atoms with Crippen molar-refractivity contribution < 1.29 is 19.4 Å². The molecule has 16 heavy (non-hydrogen) atoms. The van der Waals surface area contributed by atoms with Crippen LogP contribution in [0.15, 0.2) is 0 Å². The summed E-state index contributed by atoms with van der Waals surface area (Å²) in [6.07, 6.45) is 1.03. The maximum absolute atomic E-state index is 12.0. The number of nitrogens with zero attached hydrogens (tertiary/aromatic N) is 1. The Morgan fingerprint density at radius 1 is 1.31 bits per heavy atom. The van der Waals surface area contributed by atoms with Crippen LogP contribution < -0.4 is 5.73 Å². The molecule has 2 saturated heterocycles. The fourth-order valence-electron chi connectivity index (χ4n) is 2.07. The smallest absolute Gasteiger partial charge is 0.310 e. The number of likely N-dealkylation sites (tertiary alicyclic amines) is 1. The molecular weight excluding hydrogens is 212 g/mol. The average molecular weight is 228 g/mol. The Hall–Kier alpha value is -1.14. The first-order valence-corrected chi connectivity index (χ1v) is 5.42. The van der Waals surface area contributed by atoms with Crippen LogP contribution in [-0.2, 0) is 14.3 Å². The van der Waals surface area contributed by atoms with Crippen molar-refractivity contribution >= 4 is 11.9 Å². The third-order valence-corrected chi connectivity index (χ3v) is 3.33. The minimum absolute atomic E-state index is 0.131. The second kappa shape index (κ2) is 4.03. The molecule has 90 valence electrons. The molecular formula is C10H16N2O4. The summed E-state index contributed by atoms with van der Waals surface area (Å²) in [7, 11) is 0. The van der Waals surface area contributed by atoms with Gasteiger partial charge in [0.25, 0.3) is 0 Å². The zero-order valence-corrected chi connectivity index (χ0v) is 9.02. The molecule has 0 saturated carbocycles. The van der Waals surface area contributed by atoms with E-state index in [9.17, 15) is 9.59 Å². The molecule has 2 aliphatic heterocycles. The van der Waals surface area contributed by atoms with E-state index in [4.69, 9.17) is 15.6 Å². The molecule has 0 spiro atoms. The third-order valence-electron chi connectivity index (χ3n) is 3.33. The van der Waals surface area contributed by atoms with E-state index in [2.05, 4.69) is 0 Å². The number of nitrogens with two attached hydrogens (primary N) is 1. The first-order chi connectivity index (χ1) is 7.53. The number of hydrogen-bond acceptors (Lipinski definition) is 4. The Bertz CT molecular complexity index is 306. The number of carboxylic acids is 1. The molecule has 6 heteroatoms. The van der Waals surface area contributed by atoms with Gasteiger partial charge in [0, 0.05) is 26.3 Å². The van der Waals surface area contributed by atoms with Crippen LogP contribution in [0.5, 0.6) is 0 Å². The van der Waals surface area contributed by atoms with Gasteiger partial charge in [0.15, 0.2) is 0 Å².